The standard InChI is InChI=1S/C11H15NO2/c1-9(14)11(12-8-13)7-10-5-3-2-4-6-10/h2-6,11-13H,7-8H2,1H3. The molecule has 3 heteroatoms. The number of hydrogen-bond acceptors (Lipinski definition) is 3. The Labute approximate surface area is 83.8 Å². The number of carbonyl (C=O) groups excluding carboxylic acids is 1. The van der Waals surface area contributed by atoms with Crippen molar-refractivity contribution in [3.05, 3.63) is 35.9 Å². The van der Waals surface area contributed by atoms with E-state index < -0.39 is 0 Å². The van der Waals surface area contributed by atoms with Gasteiger partial charge in [0.25, 0.3) is 0 Å². The van der Waals surface area contributed by atoms with E-state index in [1.807, 2.05) is 30.3 Å². The van der Waals surface area contributed by atoms with Gasteiger partial charge in [0.15, 0.2) is 0 Å². The monoisotopic (exact) mass is 193 g/mol. The van der Waals surface area contributed by atoms with Crippen LogP contribution in [0.15, 0.2) is 30.3 Å². The summed E-state index contributed by atoms with van der Waals surface area (Å²) in [5, 5.41) is 11.4. The Bertz CT molecular complexity index is 285. The highest BCUT2D eigenvalue weighted by atomic mass is 16.3. The van der Waals surface area contributed by atoms with Crippen LogP contribution in [0.1, 0.15) is 12.5 Å². The van der Waals surface area contributed by atoms with Crippen LogP contribution in [-0.4, -0.2) is 23.7 Å². The molecule has 2 N–H and O–H groups in total. The SMILES string of the molecule is CC(=O)C(Cc1ccccc1)NCO. The molecule has 0 radical (unpaired) electrons. The summed E-state index contributed by atoms with van der Waals surface area (Å²) < 4.78 is 0. The Morgan fingerprint density at radius 2 is 2.07 bits per heavy atom. The molecule has 0 fully saturated rings. The summed E-state index contributed by atoms with van der Waals surface area (Å²) in [4.78, 5) is 11.2. The Balaban J connectivity index is 2.60. The molecule has 0 spiro atoms. The first-order valence-electron chi connectivity index (χ1n) is 4.62. The molecule has 3 nitrogen and oxygen atoms in total. The van der Waals surface area contributed by atoms with Crippen LogP contribution in [0.4, 0.5) is 0 Å². The Morgan fingerprint density at radius 1 is 1.43 bits per heavy atom. The maximum absolute atomic E-state index is 11.2. The fourth-order valence-electron chi connectivity index (χ4n) is 1.32. The highest BCUT2D eigenvalue weighted by molar-refractivity contribution is 5.81. The second-order valence-corrected chi connectivity index (χ2v) is 3.22. The third kappa shape index (κ3) is 3.28. The fourth-order valence-corrected chi connectivity index (χ4v) is 1.32. The Kier molecular flexibility index (Phi) is 4.29. The second kappa shape index (κ2) is 5.52. The van der Waals surface area contributed by atoms with Crippen molar-refractivity contribution in [1.29, 1.82) is 0 Å². The second-order valence-electron chi connectivity index (χ2n) is 3.22. The average molecular weight is 193 g/mol. The van der Waals surface area contributed by atoms with Gasteiger partial charge in [-0.05, 0) is 18.9 Å². The molecule has 0 bridgehead atoms. The van der Waals surface area contributed by atoms with Gasteiger partial charge in [-0.15, -0.1) is 0 Å². The van der Waals surface area contributed by atoms with Gasteiger partial charge in [0, 0.05) is 0 Å². The third-order valence-electron chi connectivity index (χ3n) is 2.11. The van der Waals surface area contributed by atoms with Gasteiger partial charge >= 0.3 is 0 Å². The summed E-state index contributed by atoms with van der Waals surface area (Å²) in [6.07, 6.45) is 0.622. The van der Waals surface area contributed by atoms with E-state index in [0.29, 0.717) is 6.42 Å². The maximum Gasteiger partial charge on any atom is 0.147 e. The molecule has 1 aromatic rings. The molecular weight excluding hydrogens is 178 g/mol. The minimum atomic E-state index is -0.289. The molecule has 1 rings (SSSR count). The van der Waals surface area contributed by atoms with Gasteiger partial charge in [0.05, 0.1) is 12.8 Å². The summed E-state index contributed by atoms with van der Waals surface area (Å²) in [5.41, 5.74) is 1.09. The highest BCUT2D eigenvalue weighted by Gasteiger charge is 2.12. The zero-order chi connectivity index (χ0) is 10.4. The van der Waals surface area contributed by atoms with Gasteiger partial charge in [-0.2, -0.15) is 0 Å². The topological polar surface area (TPSA) is 49.3 Å². The number of hydrogen-bond donors (Lipinski definition) is 2. The molecule has 0 aliphatic carbocycles. The molecule has 0 aromatic heterocycles. The lowest BCUT2D eigenvalue weighted by molar-refractivity contribution is -0.119. The van der Waals surface area contributed by atoms with Crippen LogP contribution >= 0.6 is 0 Å². The molecule has 0 amide bonds. The van der Waals surface area contributed by atoms with Gasteiger partial charge in [0.1, 0.15) is 5.78 Å². The average Bonchev–Trinajstić information content (AvgIpc) is 2.18. The van der Waals surface area contributed by atoms with Gasteiger partial charge in [-0.3, -0.25) is 10.1 Å². The smallest absolute Gasteiger partial charge is 0.147 e. The maximum atomic E-state index is 11.2. The molecule has 1 unspecified atom stereocenters. The quantitative estimate of drug-likeness (QED) is 0.678. The van der Waals surface area contributed by atoms with E-state index in [4.69, 9.17) is 5.11 Å². The lowest BCUT2D eigenvalue weighted by atomic mass is 10.0. The van der Waals surface area contributed by atoms with Gasteiger partial charge < -0.3 is 5.11 Å². The largest absolute Gasteiger partial charge is 0.381 e. The van der Waals surface area contributed by atoms with Crippen molar-refractivity contribution in [3.8, 4) is 0 Å². The van der Waals surface area contributed by atoms with E-state index in [9.17, 15) is 4.79 Å². The summed E-state index contributed by atoms with van der Waals surface area (Å²) in [7, 11) is 0. The van der Waals surface area contributed by atoms with Crippen molar-refractivity contribution in [2.75, 3.05) is 6.73 Å². The van der Waals surface area contributed by atoms with Crippen molar-refractivity contribution in [2.24, 2.45) is 0 Å². The fraction of sp³-hybridized carbons (Fsp3) is 0.364. The first-order chi connectivity index (χ1) is 6.74. The number of aliphatic hydroxyl groups is 1. The summed E-state index contributed by atoms with van der Waals surface area (Å²) in [6.45, 7) is 1.35. The number of nitrogens with one attached hydrogen (secondary N) is 1. The van der Waals surface area contributed by atoms with E-state index in [1.165, 1.54) is 6.92 Å². The number of ketones is 1. The predicted molar refractivity (Wildman–Crippen MR) is 54.8 cm³/mol. The molecule has 14 heavy (non-hydrogen) atoms. The molecule has 0 aliphatic heterocycles. The van der Waals surface area contributed by atoms with Crippen LogP contribution in [0.25, 0.3) is 0 Å². The number of carbonyl (C=O) groups is 1. The predicted octanol–water partition coefficient (Wildman–Crippen LogP) is 0.726. The van der Waals surface area contributed by atoms with Gasteiger partial charge in [0.2, 0.25) is 0 Å². The van der Waals surface area contributed by atoms with Crippen molar-refractivity contribution in [2.45, 2.75) is 19.4 Å². The zero-order valence-electron chi connectivity index (χ0n) is 8.23. The lowest BCUT2D eigenvalue weighted by Crippen LogP contribution is -2.37. The van der Waals surface area contributed by atoms with Crippen LogP contribution in [0.2, 0.25) is 0 Å². The third-order valence-corrected chi connectivity index (χ3v) is 2.11. The molecule has 0 heterocycles. The van der Waals surface area contributed by atoms with Gasteiger partial charge in [-0.25, -0.2) is 0 Å². The van der Waals surface area contributed by atoms with E-state index in [0.717, 1.165) is 5.56 Å². The highest BCUT2D eigenvalue weighted by Crippen LogP contribution is 2.03. The molecular formula is C11H15NO2. The molecule has 1 atom stereocenters. The number of benzene rings is 1. The molecule has 76 valence electrons. The van der Waals surface area contributed by atoms with Crippen LogP contribution < -0.4 is 5.32 Å². The first-order valence-corrected chi connectivity index (χ1v) is 4.62. The van der Waals surface area contributed by atoms with Gasteiger partial charge in [-0.1, -0.05) is 30.3 Å². The zero-order valence-corrected chi connectivity index (χ0v) is 8.23. The molecule has 1 aromatic carbocycles. The Morgan fingerprint density at radius 3 is 2.57 bits per heavy atom. The number of Topliss-reactive ketones (excluding diaryl/α,β-unsaturated/α-hetero) is 1. The summed E-state index contributed by atoms with van der Waals surface area (Å²) in [6, 6.07) is 9.45. The van der Waals surface area contributed by atoms with E-state index in [1.54, 1.807) is 0 Å². The normalized spacial score (nSPS) is 12.4. The van der Waals surface area contributed by atoms with Crippen LogP contribution in [0, 0.1) is 0 Å². The van der Waals surface area contributed by atoms with E-state index in [-0.39, 0.29) is 18.6 Å². The first kappa shape index (κ1) is 10.9. The Hall–Kier alpha value is -1.19. The summed E-state index contributed by atoms with van der Waals surface area (Å²) in [5.74, 6) is 0.0444. The molecule has 0 saturated carbocycles. The number of aliphatic hydroxyl groups excluding tert-OH is 1. The van der Waals surface area contributed by atoms with Crippen LogP contribution in [-0.2, 0) is 11.2 Å². The van der Waals surface area contributed by atoms with E-state index in [2.05, 4.69) is 5.32 Å². The molecule has 0 aliphatic rings. The van der Waals surface area contributed by atoms with Crippen molar-refractivity contribution in [3.63, 3.8) is 0 Å². The van der Waals surface area contributed by atoms with Crippen molar-refractivity contribution in [1.82, 2.24) is 5.32 Å². The van der Waals surface area contributed by atoms with Crippen LogP contribution in [0.3, 0.4) is 0 Å². The lowest BCUT2D eigenvalue weighted by Gasteiger charge is -2.13. The van der Waals surface area contributed by atoms with E-state index >= 15 is 0 Å². The number of rotatable bonds is 5. The van der Waals surface area contributed by atoms with Crippen LogP contribution in [0.5, 0.6) is 0 Å². The minimum absolute atomic E-state index is 0.0444. The van der Waals surface area contributed by atoms with Crippen molar-refractivity contribution < 1.29 is 9.90 Å². The minimum Gasteiger partial charge on any atom is -0.381 e. The van der Waals surface area contributed by atoms with Crippen molar-refractivity contribution >= 4 is 5.78 Å². The molecule has 0 saturated heterocycles. The summed E-state index contributed by atoms with van der Waals surface area (Å²) >= 11 is 0.